The highest BCUT2D eigenvalue weighted by Gasteiger charge is 2.62. The monoisotopic (exact) mass is 377 g/mol. The van der Waals surface area contributed by atoms with Gasteiger partial charge in [-0.25, -0.2) is 14.9 Å². The molecule has 0 N–H and O–H groups in total. The van der Waals surface area contributed by atoms with Gasteiger partial charge in [-0.05, 0) is 31.0 Å². The van der Waals surface area contributed by atoms with Crippen LogP contribution in [0.3, 0.4) is 0 Å². The van der Waals surface area contributed by atoms with Crippen molar-refractivity contribution in [3.8, 4) is 5.75 Å². The molecular formula is C22H23N3O3. The van der Waals surface area contributed by atoms with E-state index in [4.69, 9.17) is 4.74 Å². The molecule has 6 heteroatoms. The summed E-state index contributed by atoms with van der Waals surface area (Å²) in [5.41, 5.74) is 2.86. The second-order valence-corrected chi connectivity index (χ2v) is 7.72. The summed E-state index contributed by atoms with van der Waals surface area (Å²) >= 11 is 0. The summed E-state index contributed by atoms with van der Waals surface area (Å²) in [4.78, 5) is 28.2. The third-order valence-electron chi connectivity index (χ3n) is 6.14. The Bertz CT molecular complexity index is 942. The van der Waals surface area contributed by atoms with Crippen molar-refractivity contribution >= 4 is 17.5 Å². The Kier molecular flexibility index (Phi) is 4.00. The van der Waals surface area contributed by atoms with Gasteiger partial charge in [-0.2, -0.15) is 0 Å². The Morgan fingerprint density at radius 2 is 1.64 bits per heavy atom. The van der Waals surface area contributed by atoms with Crippen molar-refractivity contribution in [2.75, 3.05) is 25.1 Å². The number of hydrogen-bond acceptors (Lipinski definition) is 5. The molecule has 0 bridgehead atoms. The number of hydrazine groups is 1. The number of anilines is 1. The molecular weight excluding hydrogens is 354 g/mol. The van der Waals surface area contributed by atoms with Crippen molar-refractivity contribution in [2.24, 2.45) is 5.92 Å². The van der Waals surface area contributed by atoms with Crippen LogP contribution < -0.4 is 9.64 Å². The molecule has 3 aliphatic rings. The van der Waals surface area contributed by atoms with Crippen LogP contribution in [0.2, 0.25) is 0 Å². The highest BCUT2D eigenvalue weighted by Crippen LogP contribution is 2.49. The van der Waals surface area contributed by atoms with Crippen molar-refractivity contribution in [3.63, 3.8) is 0 Å². The SMILES string of the molecule is COc1cccc(N2C(=O)[C@H]3[C@@H](C2=O)N2CCCN2[C@@H]3c2ccc(C)cc2)c1. The second-order valence-electron chi connectivity index (χ2n) is 7.72. The molecule has 5 rings (SSSR count). The van der Waals surface area contributed by atoms with Crippen molar-refractivity contribution in [2.45, 2.75) is 25.4 Å². The van der Waals surface area contributed by atoms with Crippen molar-refractivity contribution in [1.82, 2.24) is 10.0 Å². The van der Waals surface area contributed by atoms with Crippen LogP contribution in [0.5, 0.6) is 5.75 Å². The smallest absolute Gasteiger partial charge is 0.253 e. The summed E-state index contributed by atoms with van der Waals surface area (Å²) in [5.74, 6) is -0.0113. The van der Waals surface area contributed by atoms with Crippen LogP contribution in [0.25, 0.3) is 0 Å². The Morgan fingerprint density at radius 3 is 2.36 bits per heavy atom. The molecule has 0 aliphatic carbocycles. The van der Waals surface area contributed by atoms with Gasteiger partial charge in [0.2, 0.25) is 5.91 Å². The van der Waals surface area contributed by atoms with Gasteiger partial charge in [0.05, 0.1) is 24.8 Å². The van der Waals surface area contributed by atoms with E-state index >= 15 is 0 Å². The second kappa shape index (κ2) is 6.43. The lowest BCUT2D eigenvalue weighted by molar-refractivity contribution is -0.126. The molecule has 0 unspecified atom stereocenters. The van der Waals surface area contributed by atoms with Gasteiger partial charge in [-0.1, -0.05) is 35.9 Å². The summed E-state index contributed by atoms with van der Waals surface area (Å²) in [6, 6.07) is 15.0. The van der Waals surface area contributed by atoms with Gasteiger partial charge in [0, 0.05) is 19.2 Å². The highest BCUT2D eigenvalue weighted by molar-refractivity contribution is 6.24. The van der Waals surface area contributed by atoms with Crippen LogP contribution >= 0.6 is 0 Å². The number of amides is 2. The zero-order valence-electron chi connectivity index (χ0n) is 16.0. The molecule has 0 aromatic heterocycles. The van der Waals surface area contributed by atoms with Gasteiger partial charge in [0.1, 0.15) is 11.8 Å². The first-order valence-electron chi connectivity index (χ1n) is 9.72. The molecule has 3 saturated heterocycles. The summed E-state index contributed by atoms with van der Waals surface area (Å²) in [5, 5.41) is 4.36. The first-order chi connectivity index (χ1) is 13.6. The fourth-order valence-corrected chi connectivity index (χ4v) is 4.88. The van der Waals surface area contributed by atoms with E-state index in [2.05, 4.69) is 41.2 Å². The Labute approximate surface area is 164 Å². The number of methoxy groups -OCH3 is 1. The maximum atomic E-state index is 13.5. The van der Waals surface area contributed by atoms with Gasteiger partial charge >= 0.3 is 0 Å². The number of nitrogens with zero attached hydrogens (tertiary/aromatic N) is 3. The molecule has 0 spiro atoms. The molecule has 2 aromatic rings. The Morgan fingerprint density at radius 1 is 0.929 bits per heavy atom. The lowest BCUT2D eigenvalue weighted by Gasteiger charge is -2.29. The standard InChI is InChI=1S/C22H23N3O3/c1-14-7-9-15(10-8-14)19-18-20(24-12-4-11-23(19)24)22(27)25(21(18)26)16-5-3-6-17(13-16)28-2/h3,5-10,13,18-20H,4,11-12H2,1-2H3/t18-,19-,20+/m1/s1. The first-order valence-corrected chi connectivity index (χ1v) is 9.72. The number of imide groups is 1. The highest BCUT2D eigenvalue weighted by atomic mass is 16.5. The van der Waals surface area contributed by atoms with E-state index in [-0.39, 0.29) is 23.8 Å². The molecule has 6 nitrogen and oxygen atoms in total. The molecule has 3 heterocycles. The average molecular weight is 377 g/mol. The topological polar surface area (TPSA) is 53.1 Å². The van der Waals surface area contributed by atoms with Crippen LogP contribution in [0.15, 0.2) is 48.5 Å². The quantitative estimate of drug-likeness (QED) is 0.770. The van der Waals surface area contributed by atoms with Crippen molar-refractivity contribution in [1.29, 1.82) is 0 Å². The molecule has 2 aromatic carbocycles. The van der Waals surface area contributed by atoms with E-state index in [1.807, 2.05) is 12.1 Å². The van der Waals surface area contributed by atoms with E-state index < -0.39 is 6.04 Å². The van der Waals surface area contributed by atoms with E-state index in [0.717, 1.165) is 25.1 Å². The number of ether oxygens (including phenoxy) is 1. The van der Waals surface area contributed by atoms with Gasteiger partial charge in [-0.15, -0.1) is 0 Å². The molecule has 0 radical (unpaired) electrons. The summed E-state index contributed by atoms with van der Waals surface area (Å²) in [7, 11) is 1.58. The molecule has 2 amide bonds. The van der Waals surface area contributed by atoms with E-state index in [9.17, 15) is 9.59 Å². The lowest BCUT2D eigenvalue weighted by Crippen LogP contribution is -2.44. The molecule has 3 aliphatic heterocycles. The third kappa shape index (κ3) is 2.41. The third-order valence-corrected chi connectivity index (χ3v) is 6.14. The largest absolute Gasteiger partial charge is 0.497 e. The van der Waals surface area contributed by atoms with E-state index in [0.29, 0.717) is 11.4 Å². The average Bonchev–Trinajstić information content (AvgIpc) is 3.35. The van der Waals surface area contributed by atoms with Crippen LogP contribution in [0, 0.1) is 12.8 Å². The fourth-order valence-electron chi connectivity index (χ4n) is 4.88. The molecule has 144 valence electrons. The molecule has 3 atom stereocenters. The maximum absolute atomic E-state index is 13.5. The van der Waals surface area contributed by atoms with Crippen LogP contribution in [0.4, 0.5) is 5.69 Å². The van der Waals surface area contributed by atoms with Gasteiger partial charge in [0.15, 0.2) is 0 Å². The minimum absolute atomic E-state index is 0.0971. The number of fused-ring (bicyclic) bond motifs is 3. The minimum Gasteiger partial charge on any atom is -0.497 e. The summed E-state index contributed by atoms with van der Waals surface area (Å²) in [6.45, 7) is 3.75. The van der Waals surface area contributed by atoms with Gasteiger partial charge in [0.25, 0.3) is 5.91 Å². The first kappa shape index (κ1) is 17.4. The Balaban J connectivity index is 1.57. The van der Waals surface area contributed by atoms with Gasteiger partial charge < -0.3 is 4.74 Å². The fraction of sp³-hybridized carbons (Fsp3) is 0.364. The Hall–Kier alpha value is -2.70. The maximum Gasteiger partial charge on any atom is 0.253 e. The van der Waals surface area contributed by atoms with Gasteiger partial charge in [-0.3, -0.25) is 9.59 Å². The number of carbonyl (C=O) groups is 2. The summed E-state index contributed by atoms with van der Waals surface area (Å²) in [6.07, 6.45) is 1.01. The number of aryl methyl sites for hydroxylation is 1. The van der Waals surface area contributed by atoms with Crippen LogP contribution in [-0.4, -0.2) is 48.1 Å². The predicted molar refractivity (Wildman–Crippen MR) is 105 cm³/mol. The lowest BCUT2D eigenvalue weighted by atomic mass is 9.89. The summed E-state index contributed by atoms with van der Waals surface area (Å²) < 4.78 is 5.28. The number of benzene rings is 2. The van der Waals surface area contributed by atoms with Crippen molar-refractivity contribution in [3.05, 3.63) is 59.7 Å². The van der Waals surface area contributed by atoms with Crippen LogP contribution in [0.1, 0.15) is 23.6 Å². The molecule has 28 heavy (non-hydrogen) atoms. The predicted octanol–water partition coefficient (Wildman–Crippen LogP) is 2.54. The minimum atomic E-state index is -0.424. The molecule has 3 fully saturated rings. The normalized spacial score (nSPS) is 27.4. The number of hydrogen-bond donors (Lipinski definition) is 0. The molecule has 0 saturated carbocycles. The van der Waals surface area contributed by atoms with Crippen molar-refractivity contribution < 1.29 is 14.3 Å². The zero-order chi connectivity index (χ0) is 19.4. The number of rotatable bonds is 3. The van der Waals surface area contributed by atoms with E-state index in [1.54, 1.807) is 19.2 Å². The van der Waals surface area contributed by atoms with Crippen LogP contribution in [-0.2, 0) is 9.59 Å². The van der Waals surface area contributed by atoms with E-state index in [1.165, 1.54) is 10.5 Å². The number of carbonyl (C=O) groups excluding carboxylic acids is 2. The zero-order valence-corrected chi connectivity index (χ0v) is 16.0.